The van der Waals surface area contributed by atoms with Crippen LogP contribution in [-0.4, -0.2) is 42.4 Å². The van der Waals surface area contributed by atoms with Gasteiger partial charge in [0.1, 0.15) is 5.78 Å². The third-order valence-corrected chi connectivity index (χ3v) is 4.52. The molecule has 19 heavy (non-hydrogen) atoms. The van der Waals surface area contributed by atoms with Crippen LogP contribution in [0.2, 0.25) is 0 Å². The van der Waals surface area contributed by atoms with E-state index in [1.54, 1.807) is 0 Å². The summed E-state index contributed by atoms with van der Waals surface area (Å²) in [4.78, 5) is 24.5. The molecule has 2 aliphatic rings. The van der Waals surface area contributed by atoms with E-state index in [0.717, 1.165) is 32.4 Å². The van der Waals surface area contributed by atoms with E-state index in [4.69, 9.17) is 4.74 Å². The van der Waals surface area contributed by atoms with Gasteiger partial charge in [0.2, 0.25) is 0 Å². The van der Waals surface area contributed by atoms with Gasteiger partial charge in [-0.15, -0.1) is 0 Å². The van der Waals surface area contributed by atoms with Crippen molar-refractivity contribution in [2.75, 3.05) is 19.7 Å². The standard InChI is InChI=1S/C15H25NO3/c1-12(17)19-11-8-13-2-4-14(5-3-13)16-9-6-15(18)7-10-16/h13-14H,2-11H2,1H3. The zero-order valence-electron chi connectivity index (χ0n) is 11.9. The number of piperidine rings is 1. The lowest BCUT2D eigenvalue weighted by atomic mass is 9.83. The maximum absolute atomic E-state index is 11.2. The minimum absolute atomic E-state index is 0.174. The Kier molecular flexibility index (Phi) is 5.37. The fourth-order valence-corrected chi connectivity index (χ4v) is 3.31. The molecule has 1 saturated carbocycles. The number of hydrogen-bond donors (Lipinski definition) is 0. The number of likely N-dealkylation sites (tertiary alicyclic amines) is 1. The number of carbonyl (C=O) groups is 2. The molecule has 2 fully saturated rings. The smallest absolute Gasteiger partial charge is 0.302 e. The number of ketones is 1. The number of esters is 1. The number of rotatable bonds is 4. The molecule has 108 valence electrons. The first-order valence-electron chi connectivity index (χ1n) is 7.54. The van der Waals surface area contributed by atoms with Gasteiger partial charge in [0.15, 0.2) is 0 Å². The van der Waals surface area contributed by atoms with E-state index in [9.17, 15) is 9.59 Å². The van der Waals surface area contributed by atoms with Gasteiger partial charge in [0.05, 0.1) is 6.61 Å². The van der Waals surface area contributed by atoms with Crippen LogP contribution >= 0.6 is 0 Å². The fraction of sp³-hybridized carbons (Fsp3) is 0.867. The summed E-state index contributed by atoms with van der Waals surface area (Å²) in [5.74, 6) is 0.958. The molecular weight excluding hydrogens is 242 g/mol. The van der Waals surface area contributed by atoms with Gasteiger partial charge in [-0.2, -0.15) is 0 Å². The number of carbonyl (C=O) groups excluding carboxylic acids is 2. The van der Waals surface area contributed by atoms with Crippen molar-refractivity contribution in [1.29, 1.82) is 0 Å². The molecule has 0 aromatic rings. The summed E-state index contributed by atoms with van der Waals surface area (Å²) in [5, 5.41) is 0. The van der Waals surface area contributed by atoms with Crippen LogP contribution in [0.25, 0.3) is 0 Å². The van der Waals surface area contributed by atoms with Crippen molar-refractivity contribution in [3.63, 3.8) is 0 Å². The fourth-order valence-electron chi connectivity index (χ4n) is 3.31. The largest absolute Gasteiger partial charge is 0.466 e. The Morgan fingerprint density at radius 3 is 2.42 bits per heavy atom. The van der Waals surface area contributed by atoms with Crippen molar-refractivity contribution < 1.29 is 14.3 Å². The van der Waals surface area contributed by atoms with Crippen molar-refractivity contribution >= 4 is 11.8 Å². The summed E-state index contributed by atoms with van der Waals surface area (Å²) in [6.45, 7) is 3.96. The van der Waals surface area contributed by atoms with E-state index in [2.05, 4.69) is 4.90 Å². The van der Waals surface area contributed by atoms with Crippen LogP contribution in [0.3, 0.4) is 0 Å². The topological polar surface area (TPSA) is 46.6 Å². The highest BCUT2D eigenvalue weighted by atomic mass is 16.5. The second-order valence-electron chi connectivity index (χ2n) is 5.88. The molecule has 4 nitrogen and oxygen atoms in total. The molecule has 0 N–H and O–H groups in total. The van der Waals surface area contributed by atoms with Crippen LogP contribution in [0, 0.1) is 5.92 Å². The molecule has 0 unspecified atom stereocenters. The molecule has 0 aromatic carbocycles. The van der Waals surface area contributed by atoms with E-state index >= 15 is 0 Å². The summed E-state index contributed by atoms with van der Waals surface area (Å²) in [6.07, 6.45) is 7.42. The van der Waals surface area contributed by atoms with Gasteiger partial charge in [-0.1, -0.05) is 0 Å². The Hall–Kier alpha value is -0.900. The molecule has 0 bridgehead atoms. The number of hydrogen-bond acceptors (Lipinski definition) is 4. The van der Waals surface area contributed by atoms with Gasteiger partial charge in [-0.3, -0.25) is 14.5 Å². The number of ether oxygens (including phenoxy) is 1. The Balaban J connectivity index is 1.64. The highest BCUT2D eigenvalue weighted by Gasteiger charge is 2.28. The predicted octanol–water partition coefficient (Wildman–Crippen LogP) is 2.16. The number of nitrogens with zero attached hydrogens (tertiary/aromatic N) is 1. The average Bonchev–Trinajstić information content (AvgIpc) is 2.40. The predicted molar refractivity (Wildman–Crippen MR) is 72.8 cm³/mol. The zero-order chi connectivity index (χ0) is 13.7. The first kappa shape index (κ1) is 14.5. The quantitative estimate of drug-likeness (QED) is 0.732. The molecule has 0 amide bonds. The zero-order valence-corrected chi connectivity index (χ0v) is 11.9. The van der Waals surface area contributed by atoms with Crippen molar-refractivity contribution in [2.24, 2.45) is 5.92 Å². The average molecular weight is 267 g/mol. The first-order valence-corrected chi connectivity index (χ1v) is 7.54. The van der Waals surface area contributed by atoms with Gasteiger partial charge in [0, 0.05) is 38.9 Å². The molecule has 1 aliphatic carbocycles. The lowest BCUT2D eigenvalue weighted by molar-refractivity contribution is -0.141. The molecule has 0 radical (unpaired) electrons. The molecule has 1 heterocycles. The van der Waals surface area contributed by atoms with Crippen LogP contribution in [0.4, 0.5) is 0 Å². The van der Waals surface area contributed by atoms with Crippen molar-refractivity contribution in [3.8, 4) is 0 Å². The van der Waals surface area contributed by atoms with E-state index in [1.807, 2.05) is 0 Å². The lowest BCUT2D eigenvalue weighted by Crippen LogP contribution is -2.43. The van der Waals surface area contributed by atoms with Crippen LogP contribution < -0.4 is 0 Å². The maximum atomic E-state index is 11.2. The van der Waals surface area contributed by atoms with Gasteiger partial charge >= 0.3 is 5.97 Å². The van der Waals surface area contributed by atoms with Crippen LogP contribution in [0.5, 0.6) is 0 Å². The minimum atomic E-state index is -0.174. The molecule has 1 aliphatic heterocycles. The van der Waals surface area contributed by atoms with Crippen molar-refractivity contribution in [2.45, 2.75) is 57.9 Å². The first-order chi connectivity index (χ1) is 9.15. The van der Waals surface area contributed by atoms with E-state index in [1.165, 1.54) is 32.6 Å². The van der Waals surface area contributed by atoms with E-state index in [-0.39, 0.29) is 5.97 Å². The Morgan fingerprint density at radius 2 is 1.84 bits per heavy atom. The Bertz CT molecular complexity index is 311. The summed E-state index contributed by atoms with van der Waals surface area (Å²) < 4.78 is 5.01. The van der Waals surface area contributed by atoms with Crippen LogP contribution in [0.15, 0.2) is 0 Å². The Labute approximate surface area is 115 Å². The van der Waals surface area contributed by atoms with Crippen LogP contribution in [0.1, 0.15) is 51.9 Å². The SMILES string of the molecule is CC(=O)OCCC1CCC(N2CCC(=O)CC2)CC1. The highest BCUT2D eigenvalue weighted by molar-refractivity contribution is 5.79. The number of Topliss-reactive ketones (excluding diaryl/α,β-unsaturated/α-hetero) is 1. The van der Waals surface area contributed by atoms with Crippen LogP contribution in [-0.2, 0) is 14.3 Å². The molecule has 0 atom stereocenters. The maximum Gasteiger partial charge on any atom is 0.302 e. The minimum Gasteiger partial charge on any atom is -0.466 e. The summed E-state index contributed by atoms with van der Waals surface area (Å²) >= 11 is 0. The van der Waals surface area contributed by atoms with Gasteiger partial charge in [-0.25, -0.2) is 0 Å². The lowest BCUT2D eigenvalue weighted by Gasteiger charge is -2.38. The van der Waals surface area contributed by atoms with E-state index < -0.39 is 0 Å². The van der Waals surface area contributed by atoms with Gasteiger partial charge < -0.3 is 4.74 Å². The molecule has 0 spiro atoms. The highest BCUT2D eigenvalue weighted by Crippen LogP contribution is 2.30. The second kappa shape index (κ2) is 7.04. The summed E-state index contributed by atoms with van der Waals surface area (Å²) in [6, 6.07) is 0.679. The molecule has 0 aromatic heterocycles. The van der Waals surface area contributed by atoms with Crippen molar-refractivity contribution in [1.82, 2.24) is 4.90 Å². The molecule has 1 saturated heterocycles. The van der Waals surface area contributed by atoms with Crippen molar-refractivity contribution in [3.05, 3.63) is 0 Å². The second-order valence-corrected chi connectivity index (χ2v) is 5.88. The van der Waals surface area contributed by atoms with E-state index in [0.29, 0.717) is 24.3 Å². The third kappa shape index (κ3) is 4.60. The van der Waals surface area contributed by atoms with Gasteiger partial charge in [0.25, 0.3) is 0 Å². The molecule has 2 rings (SSSR count). The Morgan fingerprint density at radius 1 is 1.21 bits per heavy atom. The molecule has 4 heteroatoms. The normalized spacial score (nSPS) is 29.2. The summed E-state index contributed by atoms with van der Waals surface area (Å²) in [5.41, 5.74) is 0. The van der Waals surface area contributed by atoms with Gasteiger partial charge in [-0.05, 0) is 38.0 Å². The third-order valence-electron chi connectivity index (χ3n) is 4.52. The molecular formula is C15H25NO3. The summed E-state index contributed by atoms with van der Waals surface area (Å²) in [7, 11) is 0. The monoisotopic (exact) mass is 267 g/mol.